The van der Waals surface area contributed by atoms with Crippen LogP contribution in [0.4, 0.5) is 0 Å². The highest BCUT2D eigenvalue weighted by atomic mass is 14.6. The summed E-state index contributed by atoms with van der Waals surface area (Å²) in [5.41, 5.74) is 0.786. The molecule has 0 aliphatic heterocycles. The van der Waals surface area contributed by atoms with Crippen molar-refractivity contribution in [1.29, 1.82) is 0 Å². The Kier molecular flexibility index (Phi) is 2.15. The molecule has 3 rings (SSSR count). The summed E-state index contributed by atoms with van der Waals surface area (Å²) in [5.74, 6) is 3.33. The molecule has 0 amide bonds. The van der Waals surface area contributed by atoms with Crippen LogP contribution in [0.2, 0.25) is 0 Å². The largest absolute Gasteiger partial charge is 0.0588 e. The summed E-state index contributed by atoms with van der Waals surface area (Å²) >= 11 is 0. The molecule has 0 N–H and O–H groups in total. The van der Waals surface area contributed by atoms with E-state index in [9.17, 15) is 0 Å². The zero-order valence-corrected chi connectivity index (χ0v) is 9.60. The molecule has 0 bridgehead atoms. The van der Waals surface area contributed by atoms with Gasteiger partial charge >= 0.3 is 0 Å². The van der Waals surface area contributed by atoms with Gasteiger partial charge < -0.3 is 0 Å². The highest BCUT2D eigenvalue weighted by molar-refractivity contribution is 5.01. The second-order valence-corrected chi connectivity index (χ2v) is 6.25. The first-order valence-corrected chi connectivity index (χ1v) is 6.82. The van der Waals surface area contributed by atoms with E-state index in [1.807, 2.05) is 0 Å². The Morgan fingerprint density at radius 1 is 0.643 bits per heavy atom. The number of hydrogen-bond donors (Lipinski definition) is 0. The van der Waals surface area contributed by atoms with E-state index < -0.39 is 0 Å². The van der Waals surface area contributed by atoms with E-state index >= 15 is 0 Å². The van der Waals surface area contributed by atoms with E-state index in [1.165, 1.54) is 19.3 Å². The van der Waals surface area contributed by atoms with Crippen molar-refractivity contribution in [1.82, 2.24) is 0 Å². The Balaban J connectivity index is 1.93. The maximum absolute atomic E-state index is 2.66. The maximum Gasteiger partial charge on any atom is -0.0241 e. The van der Waals surface area contributed by atoms with Gasteiger partial charge in [0, 0.05) is 0 Å². The van der Waals surface area contributed by atoms with Crippen LogP contribution in [0.15, 0.2) is 0 Å². The van der Waals surface area contributed by atoms with Gasteiger partial charge in [0.25, 0.3) is 0 Å². The molecule has 0 heteroatoms. The molecule has 0 aromatic heterocycles. The Bertz CT molecular complexity index is 170. The fraction of sp³-hybridized carbons (Fsp3) is 1.00. The molecule has 3 saturated carbocycles. The van der Waals surface area contributed by atoms with E-state index in [0.29, 0.717) is 0 Å². The first-order valence-electron chi connectivity index (χ1n) is 6.82. The van der Waals surface area contributed by atoms with Crippen LogP contribution in [0, 0.1) is 23.2 Å². The third-order valence-electron chi connectivity index (χ3n) is 5.95. The SMILES string of the molecule is CC12C3CCCC1CCCC2CCC3. The molecule has 0 aromatic carbocycles. The van der Waals surface area contributed by atoms with Gasteiger partial charge in [0.2, 0.25) is 0 Å². The fourth-order valence-corrected chi connectivity index (χ4v) is 5.13. The molecule has 0 atom stereocenters. The summed E-state index contributed by atoms with van der Waals surface area (Å²) < 4.78 is 0. The molecule has 0 saturated heterocycles. The van der Waals surface area contributed by atoms with E-state index in [4.69, 9.17) is 0 Å². The van der Waals surface area contributed by atoms with Gasteiger partial charge in [0.05, 0.1) is 0 Å². The van der Waals surface area contributed by atoms with Crippen LogP contribution in [0.5, 0.6) is 0 Å². The normalized spacial score (nSPS) is 52.5. The molecule has 0 radical (unpaired) electrons. The molecule has 0 aromatic rings. The molecule has 80 valence electrons. The lowest BCUT2D eigenvalue weighted by atomic mass is 9.47. The zero-order valence-electron chi connectivity index (χ0n) is 9.60. The lowest BCUT2D eigenvalue weighted by molar-refractivity contribution is -0.0800. The average Bonchev–Trinajstić information content (AvgIpc) is 2.18. The third-order valence-corrected chi connectivity index (χ3v) is 5.95. The maximum atomic E-state index is 2.66. The molecule has 3 aliphatic carbocycles. The fourth-order valence-electron chi connectivity index (χ4n) is 5.13. The number of rotatable bonds is 0. The minimum absolute atomic E-state index is 0.786. The number of hydrogen-bond acceptors (Lipinski definition) is 0. The Hall–Kier alpha value is 0. The van der Waals surface area contributed by atoms with Gasteiger partial charge in [-0.15, -0.1) is 0 Å². The quantitative estimate of drug-likeness (QED) is 0.534. The van der Waals surface area contributed by atoms with Gasteiger partial charge in [-0.05, 0) is 61.7 Å². The monoisotopic (exact) mass is 192 g/mol. The van der Waals surface area contributed by atoms with Crippen LogP contribution in [-0.4, -0.2) is 0 Å². The molecule has 14 heavy (non-hydrogen) atoms. The van der Waals surface area contributed by atoms with Crippen molar-refractivity contribution in [2.24, 2.45) is 23.2 Å². The second kappa shape index (κ2) is 3.25. The standard InChI is InChI=1S/C14H24/c1-14-11-5-2-6-12(14)8-4-10-13(14)9-3-7-11/h11-13H,2-10H2,1H3. The van der Waals surface area contributed by atoms with E-state index in [0.717, 1.165) is 23.2 Å². The highest BCUT2D eigenvalue weighted by Crippen LogP contribution is 2.60. The summed E-state index contributed by atoms with van der Waals surface area (Å²) in [5, 5.41) is 0. The summed E-state index contributed by atoms with van der Waals surface area (Å²) in [6, 6.07) is 0. The van der Waals surface area contributed by atoms with Crippen LogP contribution in [-0.2, 0) is 0 Å². The summed E-state index contributed by atoms with van der Waals surface area (Å²) in [6.07, 6.45) is 14.0. The first kappa shape index (κ1) is 9.24. The van der Waals surface area contributed by atoms with Gasteiger partial charge in [-0.25, -0.2) is 0 Å². The van der Waals surface area contributed by atoms with Crippen LogP contribution < -0.4 is 0 Å². The molecular formula is C14H24. The van der Waals surface area contributed by atoms with Crippen molar-refractivity contribution in [3.8, 4) is 0 Å². The van der Waals surface area contributed by atoms with Gasteiger partial charge in [0.15, 0.2) is 0 Å². The summed E-state index contributed by atoms with van der Waals surface area (Å²) in [6.45, 7) is 2.66. The minimum atomic E-state index is 0.786. The molecule has 3 fully saturated rings. The average molecular weight is 192 g/mol. The van der Waals surface area contributed by atoms with Gasteiger partial charge in [-0.1, -0.05) is 26.2 Å². The summed E-state index contributed by atoms with van der Waals surface area (Å²) in [7, 11) is 0. The minimum Gasteiger partial charge on any atom is -0.0588 e. The molecular weight excluding hydrogens is 168 g/mol. The van der Waals surface area contributed by atoms with Crippen LogP contribution >= 0.6 is 0 Å². The smallest absolute Gasteiger partial charge is 0.0241 e. The van der Waals surface area contributed by atoms with Gasteiger partial charge in [-0.3, -0.25) is 0 Å². The van der Waals surface area contributed by atoms with E-state index in [-0.39, 0.29) is 0 Å². The lowest BCUT2D eigenvalue weighted by Crippen LogP contribution is -2.49. The van der Waals surface area contributed by atoms with E-state index in [2.05, 4.69) is 6.92 Å². The third kappa shape index (κ3) is 1.12. The highest BCUT2D eigenvalue weighted by Gasteiger charge is 2.51. The van der Waals surface area contributed by atoms with Gasteiger partial charge in [0.1, 0.15) is 0 Å². The van der Waals surface area contributed by atoms with Crippen molar-refractivity contribution < 1.29 is 0 Å². The Morgan fingerprint density at radius 2 is 0.929 bits per heavy atom. The van der Waals surface area contributed by atoms with Crippen molar-refractivity contribution in [3.05, 3.63) is 0 Å². The van der Waals surface area contributed by atoms with Gasteiger partial charge in [-0.2, -0.15) is 0 Å². The molecule has 0 unspecified atom stereocenters. The Morgan fingerprint density at radius 3 is 1.21 bits per heavy atom. The topological polar surface area (TPSA) is 0 Å². The predicted molar refractivity (Wildman–Crippen MR) is 60.1 cm³/mol. The molecule has 3 aliphatic rings. The van der Waals surface area contributed by atoms with Crippen molar-refractivity contribution in [2.45, 2.75) is 64.7 Å². The van der Waals surface area contributed by atoms with Crippen LogP contribution in [0.3, 0.4) is 0 Å². The second-order valence-electron chi connectivity index (χ2n) is 6.25. The van der Waals surface area contributed by atoms with E-state index in [1.54, 1.807) is 38.5 Å². The molecule has 0 heterocycles. The lowest BCUT2D eigenvalue weighted by Gasteiger charge is -2.58. The zero-order chi connectivity index (χ0) is 9.60. The van der Waals surface area contributed by atoms with Crippen molar-refractivity contribution in [3.63, 3.8) is 0 Å². The molecule has 0 nitrogen and oxygen atoms in total. The van der Waals surface area contributed by atoms with Crippen LogP contribution in [0.1, 0.15) is 64.7 Å². The van der Waals surface area contributed by atoms with Crippen molar-refractivity contribution >= 4 is 0 Å². The predicted octanol–water partition coefficient (Wildman–Crippen LogP) is 4.39. The summed E-state index contributed by atoms with van der Waals surface area (Å²) in [4.78, 5) is 0. The van der Waals surface area contributed by atoms with Crippen molar-refractivity contribution in [2.75, 3.05) is 0 Å². The molecule has 0 spiro atoms. The van der Waals surface area contributed by atoms with Crippen LogP contribution in [0.25, 0.3) is 0 Å². The Labute approximate surface area is 88.5 Å². The first-order chi connectivity index (χ1) is 6.82.